The van der Waals surface area contributed by atoms with E-state index < -0.39 is 5.97 Å². The molecule has 2 aromatic rings. The number of halogens is 1. The number of esters is 1. The summed E-state index contributed by atoms with van der Waals surface area (Å²) in [5.74, 6) is -0.405. The summed E-state index contributed by atoms with van der Waals surface area (Å²) >= 11 is 4.72. The monoisotopic (exact) mass is 340 g/mol. The highest BCUT2D eigenvalue weighted by Crippen LogP contribution is 2.30. The lowest BCUT2D eigenvalue weighted by Gasteiger charge is -2.03. The molecule has 0 spiro atoms. The third-order valence-electron chi connectivity index (χ3n) is 2.49. The van der Waals surface area contributed by atoms with Crippen LogP contribution in [0.25, 0.3) is 0 Å². The molecule has 0 aliphatic carbocycles. The molecule has 0 fully saturated rings. The van der Waals surface area contributed by atoms with Gasteiger partial charge in [-0.25, -0.2) is 4.79 Å². The van der Waals surface area contributed by atoms with Gasteiger partial charge in [0.05, 0.1) is 17.8 Å². The van der Waals surface area contributed by atoms with Crippen LogP contribution < -0.4 is 11.1 Å². The summed E-state index contributed by atoms with van der Waals surface area (Å²) in [7, 11) is 1.34. The van der Waals surface area contributed by atoms with Gasteiger partial charge in [-0.1, -0.05) is 28.1 Å². The van der Waals surface area contributed by atoms with E-state index in [-0.39, 0.29) is 0 Å². The van der Waals surface area contributed by atoms with E-state index in [9.17, 15) is 4.79 Å². The molecule has 1 aromatic heterocycles. The number of methoxy groups -OCH3 is 1. The Labute approximate surface area is 123 Å². The van der Waals surface area contributed by atoms with Crippen LogP contribution in [0.1, 0.15) is 15.2 Å². The van der Waals surface area contributed by atoms with Crippen molar-refractivity contribution in [1.29, 1.82) is 0 Å². The standard InChI is InChI=1S/C13H13BrN2O2S/c1-18-13(17)12-10(15)6-11(19-12)16-7-8-3-2-4-9(14)5-8/h2-6,16H,7,15H2,1H3. The van der Waals surface area contributed by atoms with Gasteiger partial charge in [-0.2, -0.15) is 0 Å². The summed E-state index contributed by atoms with van der Waals surface area (Å²) in [5, 5.41) is 4.08. The Morgan fingerprint density at radius 1 is 1.47 bits per heavy atom. The maximum atomic E-state index is 11.4. The number of anilines is 2. The highest BCUT2D eigenvalue weighted by Gasteiger charge is 2.14. The molecule has 4 nitrogen and oxygen atoms in total. The topological polar surface area (TPSA) is 64.3 Å². The molecule has 0 unspecified atom stereocenters. The van der Waals surface area contributed by atoms with Gasteiger partial charge in [0.1, 0.15) is 4.88 Å². The Morgan fingerprint density at radius 2 is 2.26 bits per heavy atom. The maximum Gasteiger partial charge on any atom is 0.350 e. The van der Waals surface area contributed by atoms with Gasteiger partial charge in [0.15, 0.2) is 0 Å². The van der Waals surface area contributed by atoms with Gasteiger partial charge in [0.25, 0.3) is 0 Å². The van der Waals surface area contributed by atoms with E-state index in [1.54, 1.807) is 6.07 Å². The average Bonchev–Trinajstić information content (AvgIpc) is 2.77. The molecule has 0 aliphatic rings. The lowest BCUT2D eigenvalue weighted by molar-refractivity contribution is 0.0607. The molecule has 0 amide bonds. The number of hydrogen-bond acceptors (Lipinski definition) is 5. The first-order chi connectivity index (χ1) is 9.10. The first-order valence-corrected chi connectivity index (χ1v) is 7.17. The van der Waals surface area contributed by atoms with E-state index >= 15 is 0 Å². The summed E-state index contributed by atoms with van der Waals surface area (Å²) < 4.78 is 5.70. The van der Waals surface area contributed by atoms with Crippen LogP contribution >= 0.6 is 27.3 Å². The van der Waals surface area contributed by atoms with Crippen LogP contribution in [0.3, 0.4) is 0 Å². The summed E-state index contributed by atoms with van der Waals surface area (Å²) in [6, 6.07) is 9.75. The first kappa shape index (κ1) is 13.9. The fourth-order valence-electron chi connectivity index (χ4n) is 1.58. The van der Waals surface area contributed by atoms with Gasteiger partial charge in [-0.05, 0) is 23.8 Å². The predicted octanol–water partition coefficient (Wildman–Crippen LogP) is 3.49. The normalized spacial score (nSPS) is 10.2. The zero-order chi connectivity index (χ0) is 13.8. The summed E-state index contributed by atoms with van der Waals surface area (Å²) in [4.78, 5) is 11.9. The number of thiophene rings is 1. The van der Waals surface area contributed by atoms with Crippen LogP contribution in [0.4, 0.5) is 10.7 Å². The number of carbonyl (C=O) groups excluding carboxylic acids is 1. The molecule has 1 heterocycles. The average molecular weight is 341 g/mol. The third-order valence-corrected chi connectivity index (χ3v) is 4.07. The minimum absolute atomic E-state index is 0.405. The van der Waals surface area contributed by atoms with Gasteiger partial charge in [0, 0.05) is 11.0 Å². The van der Waals surface area contributed by atoms with E-state index in [0.717, 1.165) is 15.0 Å². The van der Waals surface area contributed by atoms with Crippen LogP contribution in [0.15, 0.2) is 34.8 Å². The lowest BCUT2D eigenvalue weighted by Crippen LogP contribution is -2.01. The molecule has 100 valence electrons. The van der Waals surface area contributed by atoms with E-state index in [2.05, 4.69) is 26.0 Å². The zero-order valence-corrected chi connectivity index (χ0v) is 12.7. The Hall–Kier alpha value is -1.53. The number of nitrogen functional groups attached to an aromatic ring is 1. The molecule has 0 aliphatic heterocycles. The Bertz CT molecular complexity index is 598. The summed E-state index contributed by atoms with van der Waals surface area (Å²) in [6.45, 7) is 0.667. The number of ether oxygens (including phenoxy) is 1. The number of rotatable bonds is 4. The zero-order valence-electron chi connectivity index (χ0n) is 10.3. The van der Waals surface area contributed by atoms with Gasteiger partial charge in [-0.15, -0.1) is 11.3 Å². The van der Waals surface area contributed by atoms with E-state index in [4.69, 9.17) is 5.73 Å². The van der Waals surface area contributed by atoms with E-state index in [1.165, 1.54) is 18.4 Å². The number of carbonyl (C=O) groups is 1. The fraction of sp³-hybridized carbons (Fsp3) is 0.154. The Balaban J connectivity index is 2.06. The van der Waals surface area contributed by atoms with Crippen LogP contribution in [-0.4, -0.2) is 13.1 Å². The molecule has 2 rings (SSSR count). The predicted molar refractivity (Wildman–Crippen MR) is 81.5 cm³/mol. The second-order valence-electron chi connectivity index (χ2n) is 3.87. The Morgan fingerprint density at radius 3 is 2.95 bits per heavy atom. The van der Waals surface area contributed by atoms with Crippen molar-refractivity contribution in [1.82, 2.24) is 0 Å². The van der Waals surface area contributed by atoms with Crippen LogP contribution in [0.5, 0.6) is 0 Å². The molecule has 19 heavy (non-hydrogen) atoms. The van der Waals surface area contributed by atoms with Gasteiger partial charge in [-0.3, -0.25) is 0 Å². The molecule has 0 atom stereocenters. The highest BCUT2D eigenvalue weighted by atomic mass is 79.9. The second kappa shape index (κ2) is 6.08. The minimum atomic E-state index is -0.405. The molecule has 0 bridgehead atoms. The van der Waals surface area contributed by atoms with Crippen molar-refractivity contribution in [3.05, 3.63) is 45.2 Å². The molecular formula is C13H13BrN2O2S. The van der Waals surface area contributed by atoms with Crippen molar-refractivity contribution >= 4 is 43.9 Å². The molecular weight excluding hydrogens is 328 g/mol. The van der Waals surface area contributed by atoms with Crippen molar-refractivity contribution in [2.75, 3.05) is 18.2 Å². The van der Waals surface area contributed by atoms with E-state index in [0.29, 0.717) is 17.1 Å². The quantitative estimate of drug-likeness (QED) is 0.836. The molecule has 3 N–H and O–H groups in total. The van der Waals surface area contributed by atoms with Gasteiger partial charge in [0.2, 0.25) is 0 Å². The van der Waals surface area contributed by atoms with Crippen molar-refractivity contribution < 1.29 is 9.53 Å². The summed E-state index contributed by atoms with van der Waals surface area (Å²) in [5.41, 5.74) is 7.35. The van der Waals surface area contributed by atoms with Gasteiger partial charge < -0.3 is 15.8 Å². The smallest absolute Gasteiger partial charge is 0.350 e. The highest BCUT2D eigenvalue weighted by molar-refractivity contribution is 9.10. The maximum absolute atomic E-state index is 11.4. The number of nitrogens with one attached hydrogen (secondary N) is 1. The molecule has 0 radical (unpaired) electrons. The van der Waals surface area contributed by atoms with Crippen LogP contribution in [0.2, 0.25) is 0 Å². The SMILES string of the molecule is COC(=O)c1sc(NCc2cccc(Br)c2)cc1N. The first-order valence-electron chi connectivity index (χ1n) is 5.56. The minimum Gasteiger partial charge on any atom is -0.465 e. The summed E-state index contributed by atoms with van der Waals surface area (Å²) in [6.07, 6.45) is 0. The second-order valence-corrected chi connectivity index (χ2v) is 5.84. The molecule has 0 saturated carbocycles. The number of hydrogen-bond donors (Lipinski definition) is 2. The third kappa shape index (κ3) is 3.48. The van der Waals surface area contributed by atoms with Crippen LogP contribution in [-0.2, 0) is 11.3 Å². The van der Waals surface area contributed by atoms with Crippen molar-refractivity contribution in [3.8, 4) is 0 Å². The number of nitrogens with two attached hydrogens (primary N) is 1. The molecule has 1 aromatic carbocycles. The lowest BCUT2D eigenvalue weighted by atomic mass is 10.2. The van der Waals surface area contributed by atoms with Gasteiger partial charge >= 0.3 is 5.97 Å². The van der Waals surface area contributed by atoms with Crippen molar-refractivity contribution in [2.24, 2.45) is 0 Å². The van der Waals surface area contributed by atoms with Crippen molar-refractivity contribution in [2.45, 2.75) is 6.54 Å². The van der Waals surface area contributed by atoms with Crippen molar-refractivity contribution in [3.63, 3.8) is 0 Å². The van der Waals surface area contributed by atoms with Crippen LogP contribution in [0, 0.1) is 0 Å². The van der Waals surface area contributed by atoms with E-state index in [1.807, 2.05) is 24.3 Å². The molecule has 0 saturated heterocycles. The number of benzene rings is 1. The Kier molecular flexibility index (Phi) is 4.44. The fourth-order valence-corrected chi connectivity index (χ4v) is 2.92. The molecule has 6 heteroatoms. The largest absolute Gasteiger partial charge is 0.465 e.